The van der Waals surface area contributed by atoms with Gasteiger partial charge in [-0.25, -0.2) is 0 Å². The summed E-state index contributed by atoms with van der Waals surface area (Å²) in [6, 6.07) is 0.620. The Kier molecular flexibility index (Phi) is 5.51. The highest BCUT2D eigenvalue weighted by molar-refractivity contribution is 4.71. The molecule has 0 fully saturated rings. The van der Waals surface area contributed by atoms with Gasteiger partial charge in [0.1, 0.15) is 0 Å². The van der Waals surface area contributed by atoms with Crippen molar-refractivity contribution in [3.63, 3.8) is 0 Å². The fraction of sp³-hybridized carbons (Fsp3) is 1.00. The molecular formula is C9H22N2. The van der Waals surface area contributed by atoms with E-state index >= 15 is 0 Å². The Morgan fingerprint density at radius 2 is 1.64 bits per heavy atom. The maximum absolute atomic E-state index is 5.59. The Bertz CT molecular complexity index is 89.6. The summed E-state index contributed by atoms with van der Waals surface area (Å²) in [4.78, 5) is 2.44. The predicted molar refractivity (Wildman–Crippen MR) is 50.6 cm³/mol. The number of nitrogens with two attached hydrogens (primary N) is 1. The molecular weight excluding hydrogens is 136 g/mol. The molecule has 0 aromatic carbocycles. The predicted octanol–water partition coefficient (Wildman–Crippen LogP) is 1.31. The van der Waals surface area contributed by atoms with Gasteiger partial charge in [-0.1, -0.05) is 20.8 Å². The van der Waals surface area contributed by atoms with E-state index in [-0.39, 0.29) is 0 Å². The summed E-state index contributed by atoms with van der Waals surface area (Å²) in [7, 11) is 0. The second-order valence-electron chi connectivity index (χ2n) is 3.17. The average molecular weight is 158 g/mol. The van der Waals surface area contributed by atoms with Crippen LogP contribution < -0.4 is 5.73 Å². The Morgan fingerprint density at radius 3 is 1.91 bits per heavy atom. The molecule has 2 atom stereocenters. The minimum atomic E-state index is 0.606. The van der Waals surface area contributed by atoms with Crippen LogP contribution in [0.4, 0.5) is 0 Å². The summed E-state index contributed by atoms with van der Waals surface area (Å²) in [5.74, 6) is 0.606. The Morgan fingerprint density at radius 1 is 1.18 bits per heavy atom. The van der Waals surface area contributed by atoms with Gasteiger partial charge in [0.05, 0.1) is 0 Å². The van der Waals surface area contributed by atoms with Crippen molar-refractivity contribution >= 4 is 0 Å². The first-order chi connectivity index (χ1) is 5.17. The highest BCUT2D eigenvalue weighted by Crippen LogP contribution is 2.08. The third-order valence-corrected chi connectivity index (χ3v) is 2.58. The van der Waals surface area contributed by atoms with Crippen molar-refractivity contribution in [3.05, 3.63) is 0 Å². The molecule has 0 aromatic rings. The lowest BCUT2D eigenvalue weighted by Gasteiger charge is -2.30. The normalized spacial score (nSPS) is 16.9. The summed E-state index contributed by atoms with van der Waals surface area (Å²) in [6.07, 6.45) is 0. The molecule has 0 aromatic heterocycles. The van der Waals surface area contributed by atoms with Crippen LogP contribution in [0.2, 0.25) is 0 Å². The first-order valence-corrected chi connectivity index (χ1v) is 4.61. The molecule has 68 valence electrons. The minimum Gasteiger partial charge on any atom is -0.330 e. The third-order valence-electron chi connectivity index (χ3n) is 2.58. The van der Waals surface area contributed by atoms with Gasteiger partial charge in [0.25, 0.3) is 0 Å². The summed E-state index contributed by atoms with van der Waals surface area (Å²) in [5.41, 5.74) is 5.59. The SMILES string of the molecule is CCN(CC)C(C)C(C)CN. The van der Waals surface area contributed by atoms with Crippen LogP contribution in [-0.4, -0.2) is 30.6 Å². The first kappa shape index (κ1) is 10.9. The van der Waals surface area contributed by atoms with Crippen molar-refractivity contribution in [1.82, 2.24) is 4.90 Å². The van der Waals surface area contributed by atoms with Gasteiger partial charge >= 0.3 is 0 Å². The maximum atomic E-state index is 5.59. The molecule has 0 aliphatic heterocycles. The van der Waals surface area contributed by atoms with Crippen LogP contribution in [0.3, 0.4) is 0 Å². The molecule has 0 amide bonds. The van der Waals surface area contributed by atoms with Crippen molar-refractivity contribution < 1.29 is 0 Å². The monoisotopic (exact) mass is 158 g/mol. The molecule has 2 unspecified atom stereocenters. The molecule has 2 N–H and O–H groups in total. The van der Waals surface area contributed by atoms with Crippen LogP contribution in [0, 0.1) is 5.92 Å². The standard InChI is InChI=1S/C9H22N2/c1-5-11(6-2)9(4)8(3)7-10/h8-9H,5-7,10H2,1-4H3. The van der Waals surface area contributed by atoms with Crippen LogP contribution >= 0.6 is 0 Å². The molecule has 0 bridgehead atoms. The fourth-order valence-electron chi connectivity index (χ4n) is 1.36. The molecule has 2 nitrogen and oxygen atoms in total. The highest BCUT2D eigenvalue weighted by Gasteiger charge is 2.15. The third kappa shape index (κ3) is 3.21. The molecule has 0 aliphatic carbocycles. The van der Waals surface area contributed by atoms with Gasteiger partial charge in [-0.15, -0.1) is 0 Å². The largest absolute Gasteiger partial charge is 0.330 e. The quantitative estimate of drug-likeness (QED) is 0.653. The second-order valence-corrected chi connectivity index (χ2v) is 3.17. The Hall–Kier alpha value is -0.0800. The molecule has 2 heteroatoms. The zero-order valence-corrected chi connectivity index (χ0v) is 8.30. The lowest BCUT2D eigenvalue weighted by Crippen LogP contribution is -2.39. The molecule has 0 spiro atoms. The van der Waals surface area contributed by atoms with Gasteiger partial charge in [-0.3, -0.25) is 0 Å². The van der Waals surface area contributed by atoms with E-state index < -0.39 is 0 Å². The van der Waals surface area contributed by atoms with Crippen LogP contribution in [0.15, 0.2) is 0 Å². The van der Waals surface area contributed by atoms with Gasteiger partial charge in [0, 0.05) is 6.04 Å². The van der Waals surface area contributed by atoms with Crippen molar-refractivity contribution in [1.29, 1.82) is 0 Å². The zero-order valence-electron chi connectivity index (χ0n) is 8.30. The molecule has 11 heavy (non-hydrogen) atoms. The van der Waals surface area contributed by atoms with E-state index in [0.29, 0.717) is 12.0 Å². The smallest absolute Gasteiger partial charge is 0.0104 e. The topological polar surface area (TPSA) is 29.3 Å². The van der Waals surface area contributed by atoms with E-state index in [1.807, 2.05) is 0 Å². The van der Waals surface area contributed by atoms with Gasteiger partial charge < -0.3 is 10.6 Å². The molecule has 0 heterocycles. The molecule has 0 radical (unpaired) electrons. The Labute approximate surface area is 70.8 Å². The highest BCUT2D eigenvalue weighted by atomic mass is 15.1. The Balaban J connectivity index is 3.86. The van der Waals surface area contributed by atoms with Crippen molar-refractivity contribution in [2.45, 2.75) is 33.7 Å². The van der Waals surface area contributed by atoms with Crippen molar-refractivity contribution in [3.8, 4) is 0 Å². The summed E-state index contributed by atoms with van der Waals surface area (Å²) < 4.78 is 0. The van der Waals surface area contributed by atoms with Gasteiger partial charge in [-0.2, -0.15) is 0 Å². The van der Waals surface area contributed by atoms with E-state index in [9.17, 15) is 0 Å². The maximum Gasteiger partial charge on any atom is 0.0104 e. The molecule has 0 saturated heterocycles. The lowest BCUT2D eigenvalue weighted by molar-refractivity contribution is 0.181. The number of rotatable bonds is 5. The fourth-order valence-corrected chi connectivity index (χ4v) is 1.36. The minimum absolute atomic E-state index is 0.606. The molecule has 0 rings (SSSR count). The van der Waals surface area contributed by atoms with Gasteiger partial charge in [0.2, 0.25) is 0 Å². The summed E-state index contributed by atoms with van der Waals surface area (Å²) in [6.45, 7) is 11.9. The number of hydrogen-bond acceptors (Lipinski definition) is 2. The average Bonchev–Trinajstić information content (AvgIpc) is 2.05. The van der Waals surface area contributed by atoms with Crippen LogP contribution in [-0.2, 0) is 0 Å². The zero-order chi connectivity index (χ0) is 8.85. The van der Waals surface area contributed by atoms with Gasteiger partial charge in [-0.05, 0) is 32.5 Å². The summed E-state index contributed by atoms with van der Waals surface area (Å²) >= 11 is 0. The molecule has 0 aliphatic rings. The van der Waals surface area contributed by atoms with Crippen LogP contribution in [0.1, 0.15) is 27.7 Å². The summed E-state index contributed by atoms with van der Waals surface area (Å²) in [5, 5.41) is 0. The lowest BCUT2D eigenvalue weighted by atomic mass is 10.0. The number of nitrogens with zero attached hydrogens (tertiary/aromatic N) is 1. The van der Waals surface area contributed by atoms with E-state index in [1.165, 1.54) is 0 Å². The van der Waals surface area contributed by atoms with E-state index in [1.54, 1.807) is 0 Å². The van der Waals surface area contributed by atoms with E-state index in [4.69, 9.17) is 5.73 Å². The van der Waals surface area contributed by atoms with Crippen molar-refractivity contribution in [2.24, 2.45) is 11.7 Å². The van der Waals surface area contributed by atoms with Crippen molar-refractivity contribution in [2.75, 3.05) is 19.6 Å². The first-order valence-electron chi connectivity index (χ1n) is 4.61. The van der Waals surface area contributed by atoms with E-state index in [2.05, 4.69) is 32.6 Å². The van der Waals surface area contributed by atoms with Crippen LogP contribution in [0.25, 0.3) is 0 Å². The van der Waals surface area contributed by atoms with Gasteiger partial charge in [0.15, 0.2) is 0 Å². The second kappa shape index (κ2) is 5.56. The van der Waals surface area contributed by atoms with Crippen LogP contribution in [0.5, 0.6) is 0 Å². The van der Waals surface area contributed by atoms with E-state index in [0.717, 1.165) is 19.6 Å². The molecule has 0 saturated carbocycles. The number of hydrogen-bond donors (Lipinski definition) is 1.